The molecule has 0 unspecified atom stereocenters. The largest absolute Gasteiger partial charge is 0.307 e. The molecule has 0 saturated heterocycles. The van der Waals surface area contributed by atoms with Crippen LogP contribution in [0.1, 0.15) is 0 Å². The Morgan fingerprint density at radius 2 is 0.710 bits per heavy atom. The third kappa shape index (κ3) is 5.90. The van der Waals surface area contributed by atoms with Gasteiger partial charge in [-0.05, 0) is 52.1 Å². The first-order chi connectivity index (χ1) is 30.8. The zero-order valence-corrected chi connectivity index (χ0v) is 33.6. The van der Waals surface area contributed by atoms with Gasteiger partial charge in [0, 0.05) is 38.2 Å². The summed E-state index contributed by atoms with van der Waals surface area (Å²) in [7, 11) is 0. The maximum absolute atomic E-state index is 5.32. The van der Waals surface area contributed by atoms with E-state index in [1.807, 2.05) is 36.4 Å². The fourth-order valence-corrected chi connectivity index (χ4v) is 9.12. The molecule has 9 aromatic carbocycles. The highest BCUT2D eigenvalue weighted by molar-refractivity contribution is 6.24. The highest BCUT2D eigenvalue weighted by Gasteiger charge is 2.25. The Bertz CT molecular complexity index is 3550. The number of hydrogen-bond acceptors (Lipinski definition) is 3. The number of hydrogen-bond donors (Lipinski definition) is 0. The lowest BCUT2D eigenvalue weighted by molar-refractivity contribution is 0.953. The van der Waals surface area contributed by atoms with E-state index in [1.165, 1.54) is 16.5 Å². The molecular formula is C57H37N5. The summed E-state index contributed by atoms with van der Waals surface area (Å²) in [6.07, 6.45) is 0. The lowest BCUT2D eigenvalue weighted by atomic mass is 9.95. The summed E-state index contributed by atoms with van der Waals surface area (Å²) in [5, 5.41) is 4.55. The van der Waals surface area contributed by atoms with E-state index < -0.39 is 0 Å². The molecule has 0 aliphatic carbocycles. The van der Waals surface area contributed by atoms with E-state index in [0.717, 1.165) is 77.3 Å². The van der Waals surface area contributed by atoms with Crippen molar-refractivity contribution in [3.05, 3.63) is 224 Å². The highest BCUT2D eigenvalue weighted by atomic mass is 15.2. The van der Waals surface area contributed by atoms with Crippen LogP contribution in [0.5, 0.6) is 0 Å². The van der Waals surface area contributed by atoms with Gasteiger partial charge < -0.3 is 4.57 Å². The molecule has 0 aliphatic rings. The lowest BCUT2D eigenvalue weighted by Gasteiger charge is -2.18. The van der Waals surface area contributed by atoms with Gasteiger partial charge in [-0.2, -0.15) is 9.97 Å². The first-order valence-electron chi connectivity index (χ1n) is 21.0. The van der Waals surface area contributed by atoms with Gasteiger partial charge in [0.15, 0.2) is 11.6 Å². The van der Waals surface area contributed by atoms with Crippen molar-refractivity contribution in [3.8, 4) is 67.8 Å². The van der Waals surface area contributed by atoms with Crippen molar-refractivity contribution in [1.82, 2.24) is 24.1 Å². The molecule has 0 spiro atoms. The molecule has 0 amide bonds. The van der Waals surface area contributed by atoms with Crippen molar-refractivity contribution >= 4 is 43.6 Å². The average molecular weight is 792 g/mol. The first-order valence-corrected chi connectivity index (χ1v) is 21.0. The molecule has 0 saturated carbocycles. The van der Waals surface area contributed by atoms with Gasteiger partial charge >= 0.3 is 0 Å². The minimum atomic E-state index is 0.557. The van der Waals surface area contributed by atoms with Crippen molar-refractivity contribution in [2.24, 2.45) is 0 Å². The molecule has 290 valence electrons. The third-order valence-electron chi connectivity index (χ3n) is 12.0. The van der Waals surface area contributed by atoms with E-state index in [4.69, 9.17) is 15.0 Å². The molecule has 12 aromatic rings. The SMILES string of the molecule is c1ccc(-c2cccc(-c3ccc(-c4ccccc4)cc3-n3c4ccccc4c4ccc5c6ccccc6n(-c6nc(-c7ccccc7)nc(-c7ccccc7)n6)c5c43)c2)cc1. The second-order valence-electron chi connectivity index (χ2n) is 15.6. The summed E-state index contributed by atoms with van der Waals surface area (Å²) in [5.41, 5.74) is 14.1. The van der Waals surface area contributed by atoms with E-state index in [2.05, 4.69) is 197 Å². The Labute approximate surface area is 358 Å². The van der Waals surface area contributed by atoms with Gasteiger partial charge in [-0.3, -0.25) is 4.57 Å². The Balaban J connectivity index is 1.22. The maximum Gasteiger partial charge on any atom is 0.238 e. The summed E-state index contributed by atoms with van der Waals surface area (Å²) < 4.78 is 4.75. The molecule has 0 atom stereocenters. The zero-order chi connectivity index (χ0) is 41.0. The lowest BCUT2D eigenvalue weighted by Crippen LogP contribution is -2.07. The number of rotatable bonds is 7. The fraction of sp³-hybridized carbons (Fsp3) is 0. The smallest absolute Gasteiger partial charge is 0.238 e. The summed E-state index contributed by atoms with van der Waals surface area (Å²) in [6.45, 7) is 0. The molecule has 12 rings (SSSR count). The molecule has 5 nitrogen and oxygen atoms in total. The Morgan fingerprint density at radius 3 is 1.27 bits per heavy atom. The van der Waals surface area contributed by atoms with Crippen molar-refractivity contribution in [2.45, 2.75) is 0 Å². The first kappa shape index (κ1) is 35.5. The van der Waals surface area contributed by atoms with Crippen LogP contribution in [0.2, 0.25) is 0 Å². The predicted octanol–water partition coefficient (Wildman–Crippen LogP) is 14.4. The molecule has 0 radical (unpaired) electrons. The monoisotopic (exact) mass is 791 g/mol. The second-order valence-corrected chi connectivity index (χ2v) is 15.6. The maximum atomic E-state index is 5.32. The molecule has 62 heavy (non-hydrogen) atoms. The Kier molecular flexibility index (Phi) is 8.42. The van der Waals surface area contributed by atoms with Crippen LogP contribution in [0.4, 0.5) is 0 Å². The van der Waals surface area contributed by atoms with Crippen LogP contribution in [0.3, 0.4) is 0 Å². The molecule has 3 aromatic heterocycles. The molecule has 0 aliphatic heterocycles. The summed E-state index contributed by atoms with van der Waals surface area (Å²) in [4.78, 5) is 15.7. The quantitative estimate of drug-likeness (QED) is 0.162. The van der Waals surface area contributed by atoms with E-state index in [9.17, 15) is 0 Å². The average Bonchev–Trinajstić information content (AvgIpc) is 3.88. The summed E-state index contributed by atoms with van der Waals surface area (Å²) in [6, 6.07) is 79.4. The number of aromatic nitrogens is 5. The topological polar surface area (TPSA) is 48.5 Å². The molecule has 0 fully saturated rings. The van der Waals surface area contributed by atoms with Crippen LogP contribution >= 0.6 is 0 Å². The number of benzene rings is 9. The standard InChI is InChI=1S/C57H37N5/c1-5-18-38(19-6-1)42-26-17-27-44(36-42)45-33-32-43(39-20-7-2-8-21-39)37-52(45)61-50-30-15-13-28-46(50)48-34-35-49-47-29-14-16-31-51(47)62(54(49)53(48)61)57-59-55(40-22-9-3-10-23-40)58-56(60-57)41-24-11-4-12-25-41/h1-37H. The van der Waals surface area contributed by atoms with Gasteiger partial charge in [0.2, 0.25) is 5.95 Å². The Morgan fingerprint density at radius 1 is 0.274 bits per heavy atom. The minimum Gasteiger partial charge on any atom is -0.307 e. The van der Waals surface area contributed by atoms with Gasteiger partial charge in [-0.25, -0.2) is 4.98 Å². The van der Waals surface area contributed by atoms with Gasteiger partial charge in [-0.15, -0.1) is 0 Å². The normalized spacial score (nSPS) is 11.5. The van der Waals surface area contributed by atoms with Gasteiger partial charge in [0.1, 0.15) is 0 Å². The second kappa shape index (κ2) is 14.7. The number of nitrogens with zero attached hydrogens (tertiary/aromatic N) is 5. The van der Waals surface area contributed by atoms with Crippen LogP contribution in [-0.4, -0.2) is 24.1 Å². The fourth-order valence-electron chi connectivity index (χ4n) is 9.12. The van der Waals surface area contributed by atoms with Crippen LogP contribution < -0.4 is 0 Å². The Hall–Kier alpha value is -8.41. The van der Waals surface area contributed by atoms with Crippen molar-refractivity contribution in [2.75, 3.05) is 0 Å². The van der Waals surface area contributed by atoms with Gasteiger partial charge in [0.05, 0.1) is 27.8 Å². The highest BCUT2D eigenvalue weighted by Crippen LogP contribution is 2.44. The van der Waals surface area contributed by atoms with Crippen LogP contribution in [0.25, 0.3) is 111 Å². The molecule has 0 bridgehead atoms. The number of para-hydroxylation sites is 2. The van der Waals surface area contributed by atoms with E-state index in [-0.39, 0.29) is 0 Å². The minimum absolute atomic E-state index is 0.557. The molecule has 3 heterocycles. The predicted molar refractivity (Wildman–Crippen MR) is 256 cm³/mol. The summed E-state index contributed by atoms with van der Waals surface area (Å²) in [5.74, 6) is 1.79. The molecular weight excluding hydrogens is 755 g/mol. The molecule has 5 heteroatoms. The van der Waals surface area contributed by atoms with E-state index in [1.54, 1.807) is 0 Å². The van der Waals surface area contributed by atoms with Crippen LogP contribution in [0.15, 0.2) is 224 Å². The van der Waals surface area contributed by atoms with Crippen molar-refractivity contribution < 1.29 is 0 Å². The number of fused-ring (bicyclic) bond motifs is 7. The summed E-state index contributed by atoms with van der Waals surface area (Å²) >= 11 is 0. The zero-order valence-electron chi connectivity index (χ0n) is 33.6. The third-order valence-corrected chi connectivity index (χ3v) is 12.0. The van der Waals surface area contributed by atoms with E-state index in [0.29, 0.717) is 17.6 Å². The van der Waals surface area contributed by atoms with Crippen molar-refractivity contribution in [3.63, 3.8) is 0 Å². The molecule has 0 N–H and O–H groups in total. The van der Waals surface area contributed by atoms with Crippen LogP contribution in [0, 0.1) is 0 Å². The van der Waals surface area contributed by atoms with Gasteiger partial charge in [0.25, 0.3) is 0 Å². The van der Waals surface area contributed by atoms with Crippen molar-refractivity contribution in [1.29, 1.82) is 0 Å². The van der Waals surface area contributed by atoms with E-state index >= 15 is 0 Å². The van der Waals surface area contributed by atoms with Gasteiger partial charge in [-0.1, -0.05) is 200 Å². The van der Waals surface area contributed by atoms with Crippen LogP contribution in [-0.2, 0) is 0 Å².